The molecule has 0 saturated carbocycles. The first-order valence-corrected chi connectivity index (χ1v) is 5.62. The molecule has 0 fully saturated rings. The van der Waals surface area contributed by atoms with Gasteiger partial charge >= 0.3 is 33.2 Å². The predicted molar refractivity (Wildman–Crippen MR) is 57.1 cm³/mol. The number of carbonyl (C=O) groups excluding carboxylic acids is 2. The van der Waals surface area contributed by atoms with Crippen molar-refractivity contribution in [3.63, 3.8) is 0 Å². The fourth-order valence-electron chi connectivity index (χ4n) is 1.42. The summed E-state index contributed by atoms with van der Waals surface area (Å²) in [5.74, 6) is 0. The van der Waals surface area contributed by atoms with E-state index >= 15 is 0 Å². The number of hydrogen-bond acceptors (Lipinski definition) is 2. The van der Waals surface area contributed by atoms with Gasteiger partial charge in [-0.05, 0) is 0 Å². The molecular formula is C12H15FeO2-. The van der Waals surface area contributed by atoms with Gasteiger partial charge in [-0.3, -0.25) is 0 Å². The van der Waals surface area contributed by atoms with Crippen LogP contribution in [-0.4, -0.2) is 9.57 Å². The summed E-state index contributed by atoms with van der Waals surface area (Å²) >= 11 is -0.222. The SMILES string of the molecule is Cc1c(C)c(C)[c-](C)c1C.O=[C]=[Fe]=[C]=O. The fourth-order valence-corrected chi connectivity index (χ4v) is 1.47. The van der Waals surface area contributed by atoms with E-state index in [1.165, 1.54) is 37.4 Å². The summed E-state index contributed by atoms with van der Waals surface area (Å²) in [6.45, 7) is 11.0. The van der Waals surface area contributed by atoms with E-state index in [0.29, 0.717) is 0 Å². The number of rotatable bonds is 0. The van der Waals surface area contributed by atoms with E-state index in [1.807, 2.05) is 0 Å². The molecule has 0 amide bonds. The average Bonchev–Trinajstić information content (AvgIpc) is 2.39. The molecule has 0 unspecified atom stereocenters. The normalized spacial score (nSPS) is 8.60. The molecule has 2 nitrogen and oxygen atoms in total. The van der Waals surface area contributed by atoms with Crippen LogP contribution in [0.1, 0.15) is 27.8 Å². The second kappa shape index (κ2) is 6.50. The van der Waals surface area contributed by atoms with Gasteiger partial charge in [0, 0.05) is 0 Å². The van der Waals surface area contributed by atoms with Gasteiger partial charge in [0.1, 0.15) is 0 Å². The van der Waals surface area contributed by atoms with Gasteiger partial charge in [-0.25, -0.2) is 0 Å². The molecule has 1 rings (SSSR count). The van der Waals surface area contributed by atoms with Crippen molar-refractivity contribution < 1.29 is 23.7 Å². The molecule has 0 atom stereocenters. The zero-order valence-corrected chi connectivity index (χ0v) is 10.8. The van der Waals surface area contributed by atoms with Crippen molar-refractivity contribution in [3.05, 3.63) is 27.8 Å². The van der Waals surface area contributed by atoms with E-state index in [2.05, 4.69) is 34.6 Å². The number of hydrogen-bond donors (Lipinski definition) is 0. The summed E-state index contributed by atoms with van der Waals surface area (Å²) in [5.41, 5.74) is 7.34. The first-order chi connectivity index (χ1) is 6.97. The van der Waals surface area contributed by atoms with Gasteiger partial charge in [-0.15, -0.1) is 0 Å². The van der Waals surface area contributed by atoms with Crippen molar-refractivity contribution in [2.45, 2.75) is 34.6 Å². The van der Waals surface area contributed by atoms with Crippen LogP contribution in [0.25, 0.3) is 0 Å². The molecule has 0 aliphatic carbocycles. The van der Waals surface area contributed by atoms with E-state index < -0.39 is 0 Å². The van der Waals surface area contributed by atoms with Crippen molar-refractivity contribution in [2.75, 3.05) is 0 Å². The van der Waals surface area contributed by atoms with Crippen molar-refractivity contribution in [3.8, 4) is 0 Å². The van der Waals surface area contributed by atoms with Gasteiger partial charge in [-0.2, -0.15) is 27.8 Å². The van der Waals surface area contributed by atoms with E-state index in [-0.39, 0.29) is 14.1 Å². The molecule has 0 aliphatic heterocycles. The molecule has 15 heavy (non-hydrogen) atoms. The summed E-state index contributed by atoms with van der Waals surface area (Å²) in [7, 11) is 0. The third kappa shape index (κ3) is 3.58. The summed E-state index contributed by atoms with van der Waals surface area (Å²) in [4.78, 5) is 20.7. The summed E-state index contributed by atoms with van der Waals surface area (Å²) in [5, 5.41) is 0. The molecule has 0 spiro atoms. The van der Waals surface area contributed by atoms with Gasteiger partial charge in [0.25, 0.3) is 0 Å². The Morgan fingerprint density at radius 2 is 1.27 bits per heavy atom. The van der Waals surface area contributed by atoms with Gasteiger partial charge in [0.15, 0.2) is 0 Å². The quantitative estimate of drug-likeness (QED) is 0.520. The third-order valence-electron chi connectivity index (χ3n) is 2.88. The third-order valence-corrected chi connectivity index (χ3v) is 3.11. The van der Waals surface area contributed by atoms with Crippen molar-refractivity contribution in [2.24, 2.45) is 0 Å². The zero-order chi connectivity index (χ0) is 12.0. The Bertz CT molecular complexity index is 360. The van der Waals surface area contributed by atoms with Crippen LogP contribution in [0.5, 0.6) is 0 Å². The van der Waals surface area contributed by atoms with Crippen LogP contribution >= 0.6 is 0 Å². The van der Waals surface area contributed by atoms with Crippen LogP contribution < -0.4 is 0 Å². The fraction of sp³-hybridized carbons (Fsp3) is 0.417. The van der Waals surface area contributed by atoms with Crippen LogP contribution in [-0.2, 0) is 23.7 Å². The maximum absolute atomic E-state index is 9.02. The van der Waals surface area contributed by atoms with Gasteiger partial charge in [0.05, 0.1) is 0 Å². The first-order valence-electron chi connectivity index (χ1n) is 4.51. The van der Waals surface area contributed by atoms with Crippen LogP contribution in [0.3, 0.4) is 0 Å². The molecule has 0 bridgehead atoms. The van der Waals surface area contributed by atoms with E-state index in [1.54, 1.807) is 0 Å². The summed E-state index contributed by atoms with van der Waals surface area (Å²) in [6, 6.07) is 0. The van der Waals surface area contributed by atoms with Crippen LogP contribution in [0.15, 0.2) is 0 Å². The molecule has 3 heteroatoms. The Morgan fingerprint density at radius 1 is 0.933 bits per heavy atom. The Labute approximate surface area is 95.9 Å². The molecule has 0 radical (unpaired) electrons. The molecule has 1 aromatic rings. The Hall–Kier alpha value is -0.971. The van der Waals surface area contributed by atoms with Crippen LogP contribution in [0.4, 0.5) is 0 Å². The zero-order valence-electron chi connectivity index (χ0n) is 9.67. The maximum atomic E-state index is 9.02. The Kier molecular flexibility index (Phi) is 6.08. The molecule has 0 saturated heterocycles. The van der Waals surface area contributed by atoms with Crippen molar-refractivity contribution in [1.29, 1.82) is 0 Å². The predicted octanol–water partition coefficient (Wildman–Crippen LogP) is 2.15. The van der Waals surface area contributed by atoms with Crippen LogP contribution in [0, 0.1) is 34.6 Å². The van der Waals surface area contributed by atoms with E-state index in [0.717, 1.165) is 0 Å². The standard InChI is InChI=1S/C10H15.2CO.Fe/c1-6-7(2)9(4)10(5)8(6)3;2*1-2;/h1-5H3;;;/q-1;;;. The van der Waals surface area contributed by atoms with Crippen molar-refractivity contribution in [1.82, 2.24) is 0 Å². The van der Waals surface area contributed by atoms with Gasteiger partial charge < -0.3 is 0 Å². The van der Waals surface area contributed by atoms with Gasteiger partial charge in [0.2, 0.25) is 0 Å². The summed E-state index contributed by atoms with van der Waals surface area (Å²) in [6.07, 6.45) is 0. The molecule has 0 aromatic heterocycles. The van der Waals surface area contributed by atoms with Crippen molar-refractivity contribution >= 4 is 9.57 Å². The second-order valence-electron chi connectivity index (χ2n) is 3.36. The minimum absolute atomic E-state index is 0.222. The average molecular weight is 247 g/mol. The molecule has 84 valence electrons. The molecule has 1 aromatic carbocycles. The second-order valence-corrected chi connectivity index (χ2v) is 4.08. The molecule has 0 heterocycles. The van der Waals surface area contributed by atoms with Gasteiger partial charge in [-0.1, -0.05) is 34.6 Å². The molecular weight excluding hydrogens is 232 g/mol. The first kappa shape index (κ1) is 14.0. The minimum atomic E-state index is -0.222. The van der Waals surface area contributed by atoms with Crippen LogP contribution in [0.2, 0.25) is 0 Å². The van der Waals surface area contributed by atoms with E-state index in [4.69, 9.17) is 9.59 Å². The summed E-state index contributed by atoms with van der Waals surface area (Å²) < 4.78 is 0. The Balaban J connectivity index is 0.000000336. The van der Waals surface area contributed by atoms with E-state index in [9.17, 15) is 0 Å². The molecule has 0 N–H and O–H groups in total. The molecule has 0 aliphatic rings. The topological polar surface area (TPSA) is 34.1 Å². The Morgan fingerprint density at radius 3 is 1.33 bits per heavy atom. The monoisotopic (exact) mass is 247 g/mol.